The molecule has 2 aromatic carbocycles. The van der Waals surface area contributed by atoms with Gasteiger partial charge in [0.05, 0.1) is 39.7 Å². The molecule has 3 aromatic rings. The molecule has 1 aromatic heterocycles. The minimum atomic E-state index is -0.193. The molecule has 1 aliphatic rings. The summed E-state index contributed by atoms with van der Waals surface area (Å²) in [7, 11) is 6.32. The summed E-state index contributed by atoms with van der Waals surface area (Å²) in [4.78, 5) is 14.7. The van der Waals surface area contributed by atoms with E-state index >= 15 is 0 Å². The Kier molecular flexibility index (Phi) is 7.38. The zero-order valence-corrected chi connectivity index (χ0v) is 21.1. The first-order valence-electron chi connectivity index (χ1n) is 10.8. The molecule has 0 aliphatic heterocycles. The molecular weight excluding hydrogens is 476 g/mol. The van der Waals surface area contributed by atoms with E-state index in [1.807, 2.05) is 12.1 Å². The van der Waals surface area contributed by atoms with Gasteiger partial charge in [0.15, 0.2) is 11.5 Å². The molecule has 180 valence electrons. The molecule has 1 aliphatic carbocycles. The summed E-state index contributed by atoms with van der Waals surface area (Å²) < 4.78 is 21.9. The molecule has 9 heteroatoms. The van der Waals surface area contributed by atoms with Gasteiger partial charge in [0.1, 0.15) is 10.8 Å². The average Bonchev–Trinajstić information content (AvgIpc) is 3.43. The Balaban J connectivity index is 1.63. The summed E-state index contributed by atoms with van der Waals surface area (Å²) in [5.74, 6) is 2.07. The smallest absolute Gasteiger partial charge is 0.259 e. The Bertz CT molecular complexity index is 1210. The van der Waals surface area contributed by atoms with E-state index in [4.69, 9.17) is 30.5 Å². The van der Waals surface area contributed by atoms with Crippen molar-refractivity contribution in [1.82, 2.24) is 0 Å². The lowest BCUT2D eigenvalue weighted by Gasteiger charge is -2.17. The normalized spacial score (nSPS) is 12.1. The van der Waals surface area contributed by atoms with Crippen molar-refractivity contribution in [2.24, 2.45) is 0 Å². The predicted molar refractivity (Wildman–Crippen MR) is 136 cm³/mol. The molecule has 7 nitrogen and oxygen atoms in total. The van der Waals surface area contributed by atoms with E-state index in [0.29, 0.717) is 45.8 Å². The van der Waals surface area contributed by atoms with Crippen LogP contribution in [-0.2, 0) is 19.4 Å². The van der Waals surface area contributed by atoms with E-state index in [1.165, 1.54) is 4.88 Å². The highest BCUT2D eigenvalue weighted by molar-refractivity contribution is 7.16. The first-order valence-corrected chi connectivity index (χ1v) is 12.0. The van der Waals surface area contributed by atoms with Crippen LogP contribution in [0.25, 0.3) is 0 Å². The molecule has 0 saturated heterocycles. The molecule has 1 heterocycles. The second-order valence-electron chi connectivity index (χ2n) is 7.71. The van der Waals surface area contributed by atoms with Gasteiger partial charge in [-0.3, -0.25) is 4.79 Å². The number of anilines is 2. The number of carbonyl (C=O) groups excluding carboxylic acids is 1. The number of amides is 1. The fourth-order valence-electron chi connectivity index (χ4n) is 4.21. The Morgan fingerprint density at radius 1 is 0.971 bits per heavy atom. The van der Waals surface area contributed by atoms with Crippen molar-refractivity contribution in [1.29, 1.82) is 0 Å². The lowest BCUT2D eigenvalue weighted by molar-refractivity contribution is 0.102. The molecule has 0 radical (unpaired) electrons. The zero-order chi connectivity index (χ0) is 24.2. The maximum absolute atomic E-state index is 13.4. The Morgan fingerprint density at radius 2 is 1.71 bits per heavy atom. The third-order valence-electron chi connectivity index (χ3n) is 5.78. The van der Waals surface area contributed by atoms with Crippen molar-refractivity contribution in [3.8, 4) is 23.0 Å². The second-order valence-corrected chi connectivity index (χ2v) is 9.25. The van der Waals surface area contributed by atoms with E-state index < -0.39 is 0 Å². The number of nitrogens with one attached hydrogen (secondary N) is 2. The summed E-state index contributed by atoms with van der Waals surface area (Å²) in [6.45, 7) is 0.448. The van der Waals surface area contributed by atoms with Gasteiger partial charge in [0.2, 0.25) is 5.75 Å². The van der Waals surface area contributed by atoms with Crippen LogP contribution in [0, 0.1) is 0 Å². The molecule has 34 heavy (non-hydrogen) atoms. The molecule has 4 rings (SSSR count). The molecule has 0 saturated carbocycles. The molecule has 0 spiro atoms. The van der Waals surface area contributed by atoms with Gasteiger partial charge in [-0.05, 0) is 55.2 Å². The van der Waals surface area contributed by atoms with Gasteiger partial charge < -0.3 is 29.6 Å². The number of hydrogen-bond acceptors (Lipinski definition) is 7. The van der Waals surface area contributed by atoms with E-state index in [1.54, 1.807) is 58.0 Å². The Labute approximate surface area is 207 Å². The topological polar surface area (TPSA) is 78.1 Å². The molecule has 0 atom stereocenters. The number of methoxy groups -OCH3 is 4. The van der Waals surface area contributed by atoms with Gasteiger partial charge in [0, 0.05) is 22.0 Å². The highest BCUT2D eigenvalue weighted by atomic mass is 35.5. The number of thiophene rings is 1. The van der Waals surface area contributed by atoms with Gasteiger partial charge in [-0.2, -0.15) is 0 Å². The van der Waals surface area contributed by atoms with Crippen LogP contribution < -0.4 is 29.6 Å². The average molecular weight is 503 g/mol. The summed E-state index contributed by atoms with van der Waals surface area (Å²) in [6.07, 6.45) is 2.90. The van der Waals surface area contributed by atoms with Crippen LogP contribution in [0.15, 0.2) is 30.3 Å². The molecule has 0 unspecified atom stereocenters. The van der Waals surface area contributed by atoms with Gasteiger partial charge in [-0.15, -0.1) is 11.3 Å². The summed E-state index contributed by atoms with van der Waals surface area (Å²) in [6, 6.07) is 8.91. The van der Waals surface area contributed by atoms with Gasteiger partial charge in [-0.1, -0.05) is 11.6 Å². The van der Waals surface area contributed by atoms with Crippen LogP contribution in [-0.4, -0.2) is 34.3 Å². The van der Waals surface area contributed by atoms with Gasteiger partial charge in [-0.25, -0.2) is 0 Å². The second kappa shape index (κ2) is 10.4. The minimum absolute atomic E-state index is 0.193. The number of hydrogen-bond donors (Lipinski definition) is 2. The van der Waals surface area contributed by atoms with Gasteiger partial charge >= 0.3 is 0 Å². The van der Waals surface area contributed by atoms with Crippen molar-refractivity contribution in [2.75, 3.05) is 39.1 Å². The van der Waals surface area contributed by atoms with E-state index in [9.17, 15) is 4.79 Å². The number of rotatable bonds is 9. The highest BCUT2D eigenvalue weighted by Crippen LogP contribution is 2.42. The van der Waals surface area contributed by atoms with Crippen molar-refractivity contribution in [3.63, 3.8) is 0 Å². The van der Waals surface area contributed by atoms with Crippen LogP contribution >= 0.6 is 22.9 Å². The van der Waals surface area contributed by atoms with E-state index in [2.05, 4.69) is 10.6 Å². The number of aryl methyl sites for hydroxylation is 1. The van der Waals surface area contributed by atoms with Crippen molar-refractivity contribution in [2.45, 2.75) is 25.8 Å². The zero-order valence-electron chi connectivity index (χ0n) is 19.5. The summed E-state index contributed by atoms with van der Waals surface area (Å²) in [5.41, 5.74) is 3.19. The predicted octanol–water partition coefficient (Wildman–Crippen LogP) is 5.79. The number of carbonyl (C=O) groups is 1. The van der Waals surface area contributed by atoms with E-state index in [0.717, 1.165) is 35.4 Å². The number of ether oxygens (including phenoxy) is 4. The first kappa shape index (κ1) is 24.0. The third kappa shape index (κ3) is 4.60. The third-order valence-corrected chi connectivity index (χ3v) is 7.27. The van der Waals surface area contributed by atoms with Crippen LogP contribution in [0.1, 0.15) is 32.8 Å². The van der Waals surface area contributed by atoms with Crippen LogP contribution in [0.4, 0.5) is 10.7 Å². The summed E-state index contributed by atoms with van der Waals surface area (Å²) >= 11 is 7.78. The van der Waals surface area contributed by atoms with E-state index in [-0.39, 0.29) is 5.91 Å². The summed E-state index contributed by atoms with van der Waals surface area (Å²) in [5, 5.41) is 7.78. The monoisotopic (exact) mass is 502 g/mol. The Hall–Kier alpha value is -3.10. The van der Waals surface area contributed by atoms with Crippen molar-refractivity contribution in [3.05, 3.63) is 56.9 Å². The fourth-order valence-corrected chi connectivity index (χ4v) is 5.66. The standard InChI is InChI=1S/C25H27ClN2O5S/c1-30-18-11-9-15(26)12-17(18)28-24(29)21-16-6-5-7-20(16)34-25(21)27-13-14-8-10-19(31-2)23(33-4)22(14)32-3/h8-12,27H,5-7,13H2,1-4H3,(H,28,29). The molecule has 2 N–H and O–H groups in total. The van der Waals surface area contributed by atoms with Crippen LogP contribution in [0.5, 0.6) is 23.0 Å². The lowest BCUT2D eigenvalue weighted by Crippen LogP contribution is -2.16. The lowest BCUT2D eigenvalue weighted by atomic mass is 10.1. The SMILES string of the molecule is COc1ccc(Cl)cc1NC(=O)c1c(NCc2ccc(OC)c(OC)c2OC)sc2c1CCC2. The minimum Gasteiger partial charge on any atom is -0.495 e. The van der Waals surface area contributed by atoms with Crippen molar-refractivity contribution >= 4 is 39.5 Å². The maximum atomic E-state index is 13.4. The number of fused-ring (bicyclic) bond motifs is 1. The largest absolute Gasteiger partial charge is 0.495 e. The first-order chi connectivity index (χ1) is 16.5. The molecule has 0 fully saturated rings. The highest BCUT2D eigenvalue weighted by Gasteiger charge is 2.27. The number of benzene rings is 2. The quantitative estimate of drug-likeness (QED) is 0.385. The number of halogens is 1. The molecule has 0 bridgehead atoms. The fraction of sp³-hybridized carbons (Fsp3) is 0.320. The van der Waals surface area contributed by atoms with Crippen LogP contribution in [0.2, 0.25) is 5.02 Å². The Morgan fingerprint density at radius 3 is 2.41 bits per heavy atom. The van der Waals surface area contributed by atoms with Crippen LogP contribution in [0.3, 0.4) is 0 Å². The molecular formula is C25H27ClN2O5S. The maximum Gasteiger partial charge on any atom is 0.259 e. The van der Waals surface area contributed by atoms with Crippen molar-refractivity contribution < 1.29 is 23.7 Å². The molecule has 1 amide bonds. The van der Waals surface area contributed by atoms with Gasteiger partial charge in [0.25, 0.3) is 5.91 Å².